The average molecular weight is 411 g/mol. The van der Waals surface area contributed by atoms with Crippen molar-refractivity contribution in [1.82, 2.24) is 34.5 Å². The van der Waals surface area contributed by atoms with Crippen molar-refractivity contribution in [3.63, 3.8) is 0 Å². The molecule has 1 aromatic carbocycles. The minimum atomic E-state index is -0.0573. The molecular weight excluding hydrogens is 394 g/mol. The van der Waals surface area contributed by atoms with Crippen LogP contribution in [-0.2, 0) is 13.6 Å². The molecule has 0 spiro atoms. The van der Waals surface area contributed by atoms with E-state index in [1.807, 2.05) is 54.2 Å². The second-order valence-electron chi connectivity index (χ2n) is 7.38. The Bertz CT molecular complexity index is 1620. The predicted octanol–water partition coefficient (Wildman–Crippen LogP) is 3.33. The molecule has 0 amide bonds. The molecule has 5 aromatic heterocycles. The van der Waals surface area contributed by atoms with Gasteiger partial charge in [0.1, 0.15) is 11.3 Å². The fourth-order valence-electron chi connectivity index (χ4n) is 4.02. The Labute approximate surface area is 174 Å². The number of hydrogen-bond acceptors (Lipinski definition) is 5. The minimum absolute atomic E-state index is 0.0573. The number of ether oxygens (including phenoxy) is 1. The number of fused-ring (bicyclic) bond motifs is 4. The van der Waals surface area contributed by atoms with Gasteiger partial charge in [-0.3, -0.25) is 15.0 Å². The summed E-state index contributed by atoms with van der Waals surface area (Å²) in [6.45, 7) is 0.436. The van der Waals surface area contributed by atoms with Gasteiger partial charge in [-0.25, -0.2) is 4.98 Å². The smallest absolute Gasteiger partial charge is 0.275 e. The van der Waals surface area contributed by atoms with Gasteiger partial charge in [0.2, 0.25) is 5.88 Å². The van der Waals surface area contributed by atoms with E-state index in [0.29, 0.717) is 23.7 Å². The van der Waals surface area contributed by atoms with Gasteiger partial charge in [-0.05, 0) is 30.3 Å². The molecule has 0 aliphatic carbocycles. The first-order valence-electron chi connectivity index (χ1n) is 9.75. The van der Waals surface area contributed by atoms with Gasteiger partial charge in [-0.15, -0.1) is 0 Å². The van der Waals surface area contributed by atoms with Crippen molar-refractivity contribution in [2.24, 2.45) is 7.05 Å². The zero-order chi connectivity index (χ0) is 20.9. The maximum atomic E-state index is 13.2. The summed E-state index contributed by atoms with van der Waals surface area (Å²) in [6, 6.07) is 11.5. The van der Waals surface area contributed by atoms with E-state index in [-0.39, 0.29) is 5.56 Å². The van der Waals surface area contributed by atoms with Gasteiger partial charge in [0.05, 0.1) is 34.9 Å². The Hall–Kier alpha value is -4.40. The van der Waals surface area contributed by atoms with Crippen LogP contribution in [0.1, 0.15) is 5.69 Å². The van der Waals surface area contributed by atoms with Crippen LogP contribution >= 0.6 is 0 Å². The zero-order valence-corrected chi connectivity index (χ0v) is 16.5. The number of aromatic amines is 2. The summed E-state index contributed by atoms with van der Waals surface area (Å²) in [4.78, 5) is 17.5. The van der Waals surface area contributed by atoms with Gasteiger partial charge < -0.3 is 13.9 Å². The number of aromatic nitrogens is 7. The van der Waals surface area contributed by atoms with Crippen LogP contribution in [0.2, 0.25) is 0 Å². The van der Waals surface area contributed by atoms with Crippen LogP contribution < -0.4 is 10.3 Å². The Balaban J connectivity index is 1.46. The Morgan fingerprint density at radius 1 is 1.00 bits per heavy atom. The second kappa shape index (κ2) is 6.56. The third kappa shape index (κ3) is 2.71. The molecule has 6 rings (SSSR count). The summed E-state index contributed by atoms with van der Waals surface area (Å²) >= 11 is 0. The predicted molar refractivity (Wildman–Crippen MR) is 116 cm³/mol. The van der Waals surface area contributed by atoms with Crippen molar-refractivity contribution in [2.75, 3.05) is 0 Å². The van der Waals surface area contributed by atoms with Crippen molar-refractivity contribution in [1.29, 1.82) is 0 Å². The molecule has 6 aromatic rings. The first-order chi connectivity index (χ1) is 15.2. The standard InChI is InChI=1S/C22H17N7O2/c1-28-19-10-14(31-21-17-11-25-27-18(17)5-7-23-21)2-3-15(19)16-6-9-29(22(30)20(16)28)12-13-4-8-24-26-13/h2-11H,12H2,1H3,(H,24,26)(H,25,27). The average Bonchev–Trinajstić information content (AvgIpc) is 3.51. The number of H-pyrrole nitrogens is 2. The van der Waals surface area contributed by atoms with Gasteiger partial charge in [-0.2, -0.15) is 10.2 Å². The van der Waals surface area contributed by atoms with E-state index in [0.717, 1.165) is 32.9 Å². The molecule has 9 nitrogen and oxygen atoms in total. The lowest BCUT2D eigenvalue weighted by Crippen LogP contribution is -2.21. The number of benzene rings is 1. The van der Waals surface area contributed by atoms with Crippen molar-refractivity contribution >= 4 is 32.7 Å². The first kappa shape index (κ1) is 17.5. The highest BCUT2D eigenvalue weighted by atomic mass is 16.5. The molecule has 0 aliphatic rings. The highest BCUT2D eigenvalue weighted by molar-refractivity contribution is 6.08. The number of hydrogen-bond donors (Lipinski definition) is 2. The topological polar surface area (TPSA) is 106 Å². The van der Waals surface area contributed by atoms with Crippen molar-refractivity contribution in [2.45, 2.75) is 6.54 Å². The molecule has 152 valence electrons. The van der Waals surface area contributed by atoms with Crippen LogP contribution in [0.15, 0.2) is 66.0 Å². The van der Waals surface area contributed by atoms with E-state index >= 15 is 0 Å². The van der Waals surface area contributed by atoms with Crippen LogP contribution in [0.3, 0.4) is 0 Å². The molecule has 2 N–H and O–H groups in total. The molecule has 0 bridgehead atoms. The third-order valence-corrected chi connectivity index (χ3v) is 5.54. The summed E-state index contributed by atoms with van der Waals surface area (Å²) in [7, 11) is 1.89. The number of pyridine rings is 2. The van der Waals surface area contributed by atoms with Gasteiger partial charge in [0.15, 0.2) is 0 Å². The normalized spacial score (nSPS) is 11.6. The van der Waals surface area contributed by atoms with Crippen molar-refractivity contribution in [3.05, 3.63) is 77.2 Å². The lowest BCUT2D eigenvalue weighted by molar-refractivity contribution is 0.470. The molecule has 0 unspecified atom stereocenters. The summed E-state index contributed by atoms with van der Waals surface area (Å²) in [5.74, 6) is 1.11. The highest BCUT2D eigenvalue weighted by Gasteiger charge is 2.15. The fourth-order valence-corrected chi connectivity index (χ4v) is 4.02. The molecule has 31 heavy (non-hydrogen) atoms. The number of aryl methyl sites for hydroxylation is 1. The van der Waals surface area contributed by atoms with Crippen molar-refractivity contribution < 1.29 is 4.74 Å². The Morgan fingerprint density at radius 2 is 1.94 bits per heavy atom. The number of nitrogens with zero attached hydrogens (tertiary/aromatic N) is 5. The molecule has 0 saturated heterocycles. The SMILES string of the molecule is Cn1c2cc(Oc3nccc4[nH]ncc34)ccc2c2ccn(Cc3ccn[nH]3)c(=O)c21. The zero-order valence-electron chi connectivity index (χ0n) is 16.5. The lowest BCUT2D eigenvalue weighted by Gasteiger charge is -2.06. The van der Waals surface area contributed by atoms with Crippen LogP contribution in [0.5, 0.6) is 11.6 Å². The van der Waals surface area contributed by atoms with E-state index in [2.05, 4.69) is 25.4 Å². The first-order valence-corrected chi connectivity index (χ1v) is 9.75. The summed E-state index contributed by atoms with van der Waals surface area (Å²) in [6.07, 6.45) is 6.86. The molecule has 0 saturated carbocycles. The van der Waals surface area contributed by atoms with Gasteiger partial charge in [0, 0.05) is 42.5 Å². The third-order valence-electron chi connectivity index (χ3n) is 5.54. The van der Waals surface area contributed by atoms with Gasteiger partial charge in [0.25, 0.3) is 5.56 Å². The molecule has 0 fully saturated rings. The molecule has 5 heterocycles. The number of nitrogens with one attached hydrogen (secondary N) is 2. The minimum Gasteiger partial charge on any atom is -0.438 e. The van der Waals surface area contributed by atoms with Crippen molar-refractivity contribution in [3.8, 4) is 11.6 Å². The fraction of sp³-hybridized carbons (Fsp3) is 0.0909. The molecular formula is C22H17N7O2. The molecule has 9 heteroatoms. The summed E-state index contributed by atoms with van der Waals surface area (Å²) in [5, 5.41) is 16.5. The monoisotopic (exact) mass is 411 g/mol. The quantitative estimate of drug-likeness (QED) is 0.463. The van der Waals surface area contributed by atoms with Crippen LogP contribution in [0.4, 0.5) is 0 Å². The molecule has 0 aliphatic heterocycles. The lowest BCUT2D eigenvalue weighted by atomic mass is 10.2. The van der Waals surface area contributed by atoms with E-state index in [4.69, 9.17) is 4.74 Å². The van der Waals surface area contributed by atoms with Crippen LogP contribution in [0.25, 0.3) is 32.7 Å². The van der Waals surface area contributed by atoms with Gasteiger partial charge >= 0.3 is 0 Å². The number of rotatable bonds is 4. The summed E-state index contributed by atoms with van der Waals surface area (Å²) in [5.41, 5.74) is 3.22. The van der Waals surface area contributed by atoms with Crippen LogP contribution in [0, 0.1) is 0 Å². The van der Waals surface area contributed by atoms with Crippen LogP contribution in [-0.4, -0.2) is 34.5 Å². The maximum Gasteiger partial charge on any atom is 0.275 e. The largest absolute Gasteiger partial charge is 0.438 e. The Morgan fingerprint density at radius 3 is 2.81 bits per heavy atom. The Kier molecular flexibility index (Phi) is 3.69. The second-order valence-corrected chi connectivity index (χ2v) is 7.38. The summed E-state index contributed by atoms with van der Waals surface area (Å²) < 4.78 is 9.64. The van der Waals surface area contributed by atoms with E-state index in [1.54, 1.807) is 23.2 Å². The molecule has 0 atom stereocenters. The maximum absolute atomic E-state index is 13.2. The van der Waals surface area contributed by atoms with E-state index < -0.39 is 0 Å². The molecule has 0 radical (unpaired) electrons. The van der Waals surface area contributed by atoms with E-state index in [9.17, 15) is 4.79 Å². The van der Waals surface area contributed by atoms with E-state index in [1.165, 1.54) is 0 Å². The highest BCUT2D eigenvalue weighted by Crippen LogP contribution is 2.32. The van der Waals surface area contributed by atoms with Gasteiger partial charge in [-0.1, -0.05) is 0 Å².